The van der Waals surface area contributed by atoms with E-state index < -0.39 is 11.5 Å². The number of amidine groups is 2. The maximum absolute atomic E-state index is 12.3. The summed E-state index contributed by atoms with van der Waals surface area (Å²) in [5, 5.41) is 18.7. The summed E-state index contributed by atoms with van der Waals surface area (Å²) in [6.07, 6.45) is 0.0662. The number of halogens is 1. The van der Waals surface area contributed by atoms with E-state index in [1.165, 1.54) is 11.3 Å². The van der Waals surface area contributed by atoms with Gasteiger partial charge >= 0.3 is 5.97 Å². The Balaban J connectivity index is 2.44. The van der Waals surface area contributed by atoms with Crippen LogP contribution < -0.4 is 4.90 Å². The first-order valence-electron chi connectivity index (χ1n) is 10.4. The van der Waals surface area contributed by atoms with Gasteiger partial charge in [0.05, 0.1) is 6.42 Å². The highest BCUT2D eigenvalue weighted by atomic mass is 35.5. The number of nitrogens with one attached hydrogen (secondary N) is 2. The highest BCUT2D eigenvalue weighted by Crippen LogP contribution is 2.42. The summed E-state index contributed by atoms with van der Waals surface area (Å²) in [6, 6.07) is 7.47. The zero-order chi connectivity index (χ0) is 24.4. The van der Waals surface area contributed by atoms with E-state index in [1.54, 1.807) is 11.8 Å². The summed E-state index contributed by atoms with van der Waals surface area (Å²) in [6.45, 7) is 17.3. The molecule has 0 amide bonds. The van der Waals surface area contributed by atoms with Crippen molar-refractivity contribution in [3.8, 4) is 0 Å². The van der Waals surface area contributed by atoms with E-state index in [4.69, 9.17) is 27.2 Å². The molecule has 1 heterocycles. The first-order chi connectivity index (χ1) is 14.7. The standard InChI is InChI=1S/C25H32ClN3O2S/c1-14(13-21(30)31-25(6,7)8)23(28)29(18(5)27)24-22(15(2)17(4)32-24)16(3)19-9-11-20(26)12-10-19/h9-12,14,27-28H,3,13H2,1-2,4-8H3. The van der Waals surface area contributed by atoms with Crippen LogP contribution in [0, 0.1) is 30.6 Å². The molecule has 32 heavy (non-hydrogen) atoms. The number of hydrogen-bond acceptors (Lipinski definition) is 5. The molecule has 2 aromatic rings. The van der Waals surface area contributed by atoms with Crippen molar-refractivity contribution in [2.45, 2.75) is 60.5 Å². The summed E-state index contributed by atoms with van der Waals surface area (Å²) in [5.74, 6) is -0.404. The number of carbonyl (C=O) groups is 1. The molecule has 0 aliphatic rings. The van der Waals surface area contributed by atoms with Crippen LogP contribution in [0.25, 0.3) is 5.57 Å². The maximum Gasteiger partial charge on any atom is 0.307 e. The quantitative estimate of drug-likeness (QED) is 0.264. The molecule has 2 rings (SSSR count). The lowest BCUT2D eigenvalue weighted by Crippen LogP contribution is -2.39. The lowest BCUT2D eigenvalue weighted by Gasteiger charge is -2.28. The van der Waals surface area contributed by atoms with Crippen molar-refractivity contribution < 1.29 is 9.53 Å². The number of anilines is 1. The second-order valence-electron chi connectivity index (χ2n) is 8.95. The van der Waals surface area contributed by atoms with Crippen molar-refractivity contribution in [3.63, 3.8) is 0 Å². The van der Waals surface area contributed by atoms with Crippen LogP contribution in [0.1, 0.15) is 62.6 Å². The molecule has 0 aliphatic heterocycles. The topological polar surface area (TPSA) is 77.2 Å². The molecule has 0 radical (unpaired) electrons. The average Bonchev–Trinajstić information content (AvgIpc) is 2.94. The number of carbonyl (C=O) groups excluding carboxylic acids is 1. The second kappa shape index (κ2) is 10.0. The number of esters is 1. The smallest absolute Gasteiger partial charge is 0.307 e. The fraction of sp³-hybridized carbons (Fsp3) is 0.400. The number of benzene rings is 1. The van der Waals surface area contributed by atoms with Crippen LogP contribution in [-0.2, 0) is 9.53 Å². The van der Waals surface area contributed by atoms with Crippen LogP contribution in [0.4, 0.5) is 5.00 Å². The number of thiophene rings is 1. The van der Waals surface area contributed by atoms with Gasteiger partial charge in [0, 0.05) is 21.4 Å². The van der Waals surface area contributed by atoms with E-state index in [0.717, 1.165) is 32.1 Å². The Bertz CT molecular complexity index is 1050. The predicted octanol–water partition coefficient (Wildman–Crippen LogP) is 7.23. The molecule has 0 spiro atoms. The van der Waals surface area contributed by atoms with Gasteiger partial charge < -0.3 is 4.74 Å². The third-order valence-corrected chi connectivity index (χ3v) is 6.44. The number of rotatable bonds is 6. The SMILES string of the molecule is C=C(c1ccc(Cl)cc1)c1c(N(C(C)=N)C(=N)C(C)CC(=O)OC(C)(C)C)sc(C)c1C. The normalized spacial score (nSPS) is 12.2. The number of hydrogen-bond donors (Lipinski definition) is 2. The largest absolute Gasteiger partial charge is 0.460 e. The molecule has 2 N–H and O–H groups in total. The molecule has 1 atom stereocenters. The molecule has 1 aromatic heterocycles. The van der Waals surface area contributed by atoms with E-state index >= 15 is 0 Å². The molecule has 0 fully saturated rings. The summed E-state index contributed by atoms with van der Waals surface area (Å²) in [4.78, 5) is 15.0. The van der Waals surface area contributed by atoms with E-state index in [-0.39, 0.29) is 24.1 Å². The Morgan fingerprint density at radius 1 is 1.22 bits per heavy atom. The Morgan fingerprint density at radius 3 is 2.28 bits per heavy atom. The van der Waals surface area contributed by atoms with Crippen LogP contribution in [0.2, 0.25) is 5.02 Å². The molecule has 7 heteroatoms. The summed E-state index contributed by atoms with van der Waals surface area (Å²) < 4.78 is 5.43. The molecule has 0 saturated heterocycles. The Hall–Kier alpha value is -2.44. The molecule has 5 nitrogen and oxygen atoms in total. The number of nitrogens with zero attached hydrogens (tertiary/aromatic N) is 1. The highest BCUT2D eigenvalue weighted by molar-refractivity contribution is 7.17. The lowest BCUT2D eigenvalue weighted by molar-refractivity contribution is -0.155. The Morgan fingerprint density at radius 2 is 1.78 bits per heavy atom. The van der Waals surface area contributed by atoms with Crippen molar-refractivity contribution in [1.82, 2.24) is 0 Å². The van der Waals surface area contributed by atoms with Crippen molar-refractivity contribution in [1.29, 1.82) is 10.8 Å². The van der Waals surface area contributed by atoms with Crippen molar-refractivity contribution in [3.05, 3.63) is 57.4 Å². The van der Waals surface area contributed by atoms with Gasteiger partial charge in [0.2, 0.25) is 0 Å². The molecule has 0 bridgehead atoms. The van der Waals surface area contributed by atoms with E-state index in [2.05, 4.69) is 6.58 Å². The predicted molar refractivity (Wildman–Crippen MR) is 137 cm³/mol. The van der Waals surface area contributed by atoms with Gasteiger partial charge in [-0.25, -0.2) is 0 Å². The summed E-state index contributed by atoms with van der Waals surface area (Å²) in [7, 11) is 0. The van der Waals surface area contributed by atoms with Gasteiger partial charge in [-0.2, -0.15) is 0 Å². The maximum atomic E-state index is 12.3. The number of aryl methyl sites for hydroxylation is 1. The Kier molecular flexibility index (Phi) is 8.07. The van der Waals surface area contributed by atoms with Gasteiger partial charge in [0.15, 0.2) is 0 Å². The van der Waals surface area contributed by atoms with Crippen molar-refractivity contribution in [2.24, 2.45) is 5.92 Å². The van der Waals surface area contributed by atoms with Crippen LogP contribution in [0.5, 0.6) is 0 Å². The molecular formula is C25H32ClN3O2S. The van der Waals surface area contributed by atoms with E-state index in [9.17, 15) is 4.79 Å². The van der Waals surface area contributed by atoms with Crippen molar-refractivity contribution in [2.75, 3.05) is 4.90 Å². The minimum absolute atomic E-state index is 0.0662. The fourth-order valence-electron chi connectivity index (χ4n) is 3.31. The van der Waals surface area contributed by atoms with Crippen LogP contribution >= 0.6 is 22.9 Å². The van der Waals surface area contributed by atoms with Gasteiger partial charge in [-0.1, -0.05) is 37.2 Å². The van der Waals surface area contributed by atoms with Gasteiger partial charge in [0.25, 0.3) is 0 Å². The number of ether oxygens (including phenoxy) is 1. The first-order valence-corrected chi connectivity index (χ1v) is 11.6. The molecule has 0 aliphatic carbocycles. The van der Waals surface area contributed by atoms with Crippen LogP contribution in [0.15, 0.2) is 30.8 Å². The minimum atomic E-state index is -0.582. The van der Waals surface area contributed by atoms with Gasteiger partial charge in [0.1, 0.15) is 22.3 Å². The van der Waals surface area contributed by atoms with E-state index in [1.807, 2.05) is 65.8 Å². The molecule has 0 saturated carbocycles. The molecule has 1 aromatic carbocycles. The van der Waals surface area contributed by atoms with E-state index in [0.29, 0.717) is 5.02 Å². The fourth-order valence-corrected chi connectivity index (χ4v) is 4.69. The second-order valence-corrected chi connectivity index (χ2v) is 10.6. The molecule has 1 unspecified atom stereocenters. The van der Waals surface area contributed by atoms with Crippen molar-refractivity contribution >= 4 is 51.2 Å². The average molecular weight is 474 g/mol. The summed E-state index contributed by atoms with van der Waals surface area (Å²) >= 11 is 7.57. The highest BCUT2D eigenvalue weighted by Gasteiger charge is 2.29. The monoisotopic (exact) mass is 473 g/mol. The zero-order valence-corrected chi connectivity index (χ0v) is 21.4. The molecular weight excluding hydrogens is 442 g/mol. The minimum Gasteiger partial charge on any atom is -0.460 e. The zero-order valence-electron chi connectivity index (χ0n) is 19.9. The van der Waals surface area contributed by atoms with Gasteiger partial charge in [-0.3, -0.25) is 20.5 Å². The van der Waals surface area contributed by atoms with Gasteiger partial charge in [-0.05, 0) is 70.4 Å². The van der Waals surface area contributed by atoms with Gasteiger partial charge in [-0.15, -0.1) is 11.3 Å². The molecule has 172 valence electrons. The third-order valence-electron chi connectivity index (χ3n) is 5.00. The lowest BCUT2D eigenvalue weighted by atomic mass is 9.96. The Labute approximate surface area is 200 Å². The van der Waals surface area contributed by atoms with Crippen LogP contribution in [0.3, 0.4) is 0 Å². The summed E-state index contributed by atoms with van der Waals surface area (Å²) in [5.41, 5.74) is 3.10. The van der Waals surface area contributed by atoms with Crippen LogP contribution in [-0.4, -0.2) is 23.2 Å². The first kappa shape index (κ1) is 25.8. The third kappa shape index (κ3) is 6.08.